The molecule has 0 aromatic heterocycles. The van der Waals surface area contributed by atoms with Gasteiger partial charge in [0.05, 0.1) is 6.61 Å². The lowest BCUT2D eigenvalue weighted by Gasteiger charge is -2.09. The van der Waals surface area contributed by atoms with Gasteiger partial charge in [-0.05, 0) is 30.6 Å². The van der Waals surface area contributed by atoms with E-state index in [-0.39, 0.29) is 11.3 Å². The molecule has 1 aromatic rings. The van der Waals surface area contributed by atoms with Crippen molar-refractivity contribution in [1.29, 1.82) is 0 Å². The Balaban J connectivity index is 2.73. The smallest absolute Gasteiger partial charge is 0.339 e. The Morgan fingerprint density at radius 2 is 2.31 bits per heavy atom. The van der Waals surface area contributed by atoms with E-state index in [1.165, 1.54) is 18.2 Å². The molecule has 0 saturated carbocycles. The molecule has 0 unspecified atom stereocenters. The van der Waals surface area contributed by atoms with Gasteiger partial charge in [0.2, 0.25) is 0 Å². The number of hydrogen-bond acceptors (Lipinski definition) is 3. The molecule has 0 atom stereocenters. The summed E-state index contributed by atoms with van der Waals surface area (Å²) in [4.78, 5) is 10.8. The number of aromatic carboxylic acids is 1. The maximum absolute atomic E-state index is 13.3. The van der Waals surface area contributed by atoms with Crippen molar-refractivity contribution in [1.82, 2.24) is 0 Å². The molecule has 1 N–H and O–H groups in total. The fourth-order valence-corrected chi connectivity index (χ4v) is 1.61. The normalized spacial score (nSPS) is 10.1. The Morgan fingerprint density at radius 1 is 1.56 bits per heavy atom. The maximum atomic E-state index is 13.3. The van der Waals surface area contributed by atoms with Crippen molar-refractivity contribution >= 4 is 17.7 Å². The van der Waals surface area contributed by atoms with Crippen molar-refractivity contribution in [2.45, 2.75) is 6.42 Å². The van der Waals surface area contributed by atoms with E-state index in [2.05, 4.69) is 0 Å². The third kappa shape index (κ3) is 3.41. The highest BCUT2D eigenvalue weighted by Gasteiger charge is 2.15. The quantitative estimate of drug-likeness (QED) is 0.781. The van der Waals surface area contributed by atoms with E-state index in [4.69, 9.17) is 9.84 Å². The van der Waals surface area contributed by atoms with Crippen LogP contribution in [0.4, 0.5) is 4.39 Å². The molecule has 0 bridgehead atoms. The van der Waals surface area contributed by atoms with Crippen LogP contribution in [-0.4, -0.2) is 29.7 Å². The van der Waals surface area contributed by atoms with Crippen molar-refractivity contribution in [3.05, 3.63) is 29.6 Å². The average Bonchev–Trinajstić information content (AvgIpc) is 2.25. The topological polar surface area (TPSA) is 46.5 Å². The van der Waals surface area contributed by atoms with Gasteiger partial charge in [0.25, 0.3) is 0 Å². The van der Waals surface area contributed by atoms with Gasteiger partial charge in [-0.1, -0.05) is 6.07 Å². The van der Waals surface area contributed by atoms with Crippen LogP contribution < -0.4 is 4.74 Å². The largest absolute Gasteiger partial charge is 0.490 e. The van der Waals surface area contributed by atoms with Gasteiger partial charge in [-0.3, -0.25) is 0 Å². The van der Waals surface area contributed by atoms with Gasteiger partial charge in [0.1, 0.15) is 5.56 Å². The summed E-state index contributed by atoms with van der Waals surface area (Å²) < 4.78 is 18.5. The Kier molecular flexibility index (Phi) is 5.11. The molecule has 1 rings (SSSR count). The highest BCUT2D eigenvalue weighted by Crippen LogP contribution is 2.22. The van der Waals surface area contributed by atoms with Gasteiger partial charge in [-0.25, -0.2) is 9.18 Å². The molecule has 5 heteroatoms. The minimum Gasteiger partial charge on any atom is -0.490 e. The maximum Gasteiger partial charge on any atom is 0.339 e. The number of ether oxygens (including phenoxy) is 1. The zero-order valence-electron chi connectivity index (χ0n) is 8.90. The average molecular weight is 244 g/mol. The number of carboxylic acids is 1. The summed E-state index contributed by atoms with van der Waals surface area (Å²) in [6, 6.07) is 3.87. The summed E-state index contributed by atoms with van der Waals surface area (Å²) in [5.74, 6) is -1.09. The highest BCUT2D eigenvalue weighted by molar-refractivity contribution is 7.98. The van der Waals surface area contributed by atoms with E-state index in [1.807, 2.05) is 6.26 Å². The van der Waals surface area contributed by atoms with Gasteiger partial charge in [0.15, 0.2) is 11.6 Å². The number of carboxylic acid groups (broad SMARTS) is 1. The molecule has 0 amide bonds. The molecule has 0 aliphatic rings. The molecule has 0 aliphatic heterocycles. The molecule has 0 heterocycles. The van der Waals surface area contributed by atoms with E-state index < -0.39 is 11.8 Å². The van der Waals surface area contributed by atoms with Crippen LogP contribution in [0.25, 0.3) is 0 Å². The minimum atomic E-state index is -1.18. The molecule has 0 saturated heterocycles. The molecular weight excluding hydrogens is 231 g/mol. The third-order valence-electron chi connectivity index (χ3n) is 1.94. The fourth-order valence-electron chi connectivity index (χ4n) is 1.20. The minimum absolute atomic E-state index is 0.135. The van der Waals surface area contributed by atoms with E-state index in [9.17, 15) is 9.18 Å². The second-order valence-electron chi connectivity index (χ2n) is 3.12. The molecule has 3 nitrogen and oxygen atoms in total. The van der Waals surface area contributed by atoms with Gasteiger partial charge in [-0.2, -0.15) is 11.8 Å². The van der Waals surface area contributed by atoms with Crippen LogP contribution in [0, 0.1) is 5.82 Å². The lowest BCUT2D eigenvalue weighted by molar-refractivity contribution is 0.0691. The highest BCUT2D eigenvalue weighted by atomic mass is 32.2. The molecule has 0 spiro atoms. The first-order valence-corrected chi connectivity index (χ1v) is 6.19. The van der Waals surface area contributed by atoms with Crippen LogP contribution in [0.1, 0.15) is 16.8 Å². The second kappa shape index (κ2) is 6.37. The fraction of sp³-hybridized carbons (Fsp3) is 0.364. The Hall–Kier alpha value is -1.23. The number of benzene rings is 1. The standard InChI is InChI=1S/C11H13FO3S/c1-16-7-3-6-15-10-8(11(13)14)4-2-5-9(10)12/h2,4-5H,3,6-7H2,1H3,(H,13,14). The summed E-state index contributed by atoms with van der Waals surface area (Å²) in [5.41, 5.74) is -0.135. The van der Waals surface area contributed by atoms with Crippen LogP contribution in [-0.2, 0) is 0 Å². The number of carbonyl (C=O) groups is 1. The number of hydrogen-bond donors (Lipinski definition) is 1. The lowest BCUT2D eigenvalue weighted by atomic mass is 10.2. The van der Waals surface area contributed by atoms with E-state index in [0.717, 1.165) is 12.2 Å². The predicted octanol–water partition coefficient (Wildman–Crippen LogP) is 2.66. The van der Waals surface area contributed by atoms with E-state index in [0.29, 0.717) is 6.61 Å². The zero-order valence-corrected chi connectivity index (χ0v) is 9.72. The molecule has 1 aromatic carbocycles. The first kappa shape index (κ1) is 12.8. The SMILES string of the molecule is CSCCCOc1c(F)cccc1C(=O)O. The summed E-state index contributed by atoms with van der Waals surface area (Å²) >= 11 is 1.66. The van der Waals surface area contributed by atoms with Crippen molar-refractivity contribution in [3.8, 4) is 5.75 Å². The van der Waals surface area contributed by atoms with Crippen LogP contribution in [0.15, 0.2) is 18.2 Å². The molecule has 16 heavy (non-hydrogen) atoms. The third-order valence-corrected chi connectivity index (χ3v) is 2.63. The molecule has 88 valence electrons. The number of thioether (sulfide) groups is 1. The van der Waals surface area contributed by atoms with Crippen LogP contribution in [0.3, 0.4) is 0 Å². The lowest BCUT2D eigenvalue weighted by Crippen LogP contribution is -2.06. The Labute approximate surface area is 97.6 Å². The molecule has 0 fully saturated rings. The zero-order chi connectivity index (χ0) is 12.0. The summed E-state index contributed by atoms with van der Waals surface area (Å²) in [6.07, 6.45) is 2.72. The first-order valence-electron chi connectivity index (χ1n) is 4.80. The van der Waals surface area contributed by atoms with Gasteiger partial charge >= 0.3 is 5.97 Å². The predicted molar refractivity (Wildman–Crippen MR) is 61.9 cm³/mol. The summed E-state index contributed by atoms with van der Waals surface area (Å²) in [6.45, 7) is 0.321. The second-order valence-corrected chi connectivity index (χ2v) is 4.10. The number of para-hydroxylation sites is 1. The van der Waals surface area contributed by atoms with E-state index >= 15 is 0 Å². The summed E-state index contributed by atoms with van der Waals surface area (Å²) in [7, 11) is 0. The van der Waals surface area contributed by atoms with Gasteiger partial charge < -0.3 is 9.84 Å². The monoisotopic (exact) mass is 244 g/mol. The summed E-state index contributed by atoms with van der Waals surface area (Å²) in [5, 5.41) is 8.84. The van der Waals surface area contributed by atoms with Crippen molar-refractivity contribution < 1.29 is 19.0 Å². The van der Waals surface area contributed by atoms with Crippen LogP contribution in [0.5, 0.6) is 5.75 Å². The Morgan fingerprint density at radius 3 is 2.94 bits per heavy atom. The van der Waals surface area contributed by atoms with Crippen molar-refractivity contribution in [3.63, 3.8) is 0 Å². The number of halogens is 1. The first-order chi connectivity index (χ1) is 7.66. The van der Waals surface area contributed by atoms with Crippen molar-refractivity contribution in [2.75, 3.05) is 18.6 Å². The molecule has 0 radical (unpaired) electrons. The van der Waals surface area contributed by atoms with E-state index in [1.54, 1.807) is 11.8 Å². The molecular formula is C11H13FO3S. The van der Waals surface area contributed by atoms with Gasteiger partial charge in [-0.15, -0.1) is 0 Å². The van der Waals surface area contributed by atoms with Crippen LogP contribution in [0.2, 0.25) is 0 Å². The van der Waals surface area contributed by atoms with Gasteiger partial charge in [0, 0.05) is 0 Å². The number of rotatable bonds is 6. The van der Waals surface area contributed by atoms with Crippen LogP contribution >= 0.6 is 11.8 Å². The molecule has 0 aliphatic carbocycles. The Bertz CT molecular complexity index is 368. The van der Waals surface area contributed by atoms with Crippen molar-refractivity contribution in [2.24, 2.45) is 0 Å².